The van der Waals surface area contributed by atoms with Gasteiger partial charge in [-0.3, -0.25) is 0 Å². The van der Waals surface area contributed by atoms with Gasteiger partial charge in [0.1, 0.15) is 17.4 Å². The van der Waals surface area contributed by atoms with Crippen LogP contribution in [-0.4, -0.2) is 0 Å². The Hall–Kier alpha value is -1.79. The second-order valence-corrected chi connectivity index (χ2v) is 6.40. The summed E-state index contributed by atoms with van der Waals surface area (Å²) in [7, 11) is 0. The van der Waals surface area contributed by atoms with Gasteiger partial charge in [0.25, 0.3) is 0 Å². The van der Waals surface area contributed by atoms with Gasteiger partial charge < -0.3 is 0 Å². The first-order valence-electron chi connectivity index (χ1n) is 7.70. The lowest BCUT2D eigenvalue weighted by atomic mass is 10.1. The molecule has 114 valence electrons. The molecule has 0 N–H and O–H groups in total. The zero-order chi connectivity index (χ0) is 15.8. The van der Waals surface area contributed by atoms with Crippen molar-refractivity contribution >= 4 is 11.8 Å². The summed E-state index contributed by atoms with van der Waals surface area (Å²) in [5.41, 5.74) is 1.45. The lowest BCUT2D eigenvalue weighted by molar-refractivity contribution is 0.620. The number of hydrogen-bond donors (Lipinski definition) is 0. The van der Waals surface area contributed by atoms with E-state index in [-0.39, 0.29) is 5.56 Å². The van der Waals surface area contributed by atoms with Crippen LogP contribution in [0.3, 0.4) is 0 Å². The number of nitrogens with zero attached hydrogens (tertiary/aromatic N) is 1. The first-order valence-corrected chi connectivity index (χ1v) is 8.51. The molecule has 2 aromatic carbocycles. The normalized spacial score (nSPS) is 10.4. The number of benzene rings is 2. The Kier molecular flexibility index (Phi) is 6.48. The maximum atomic E-state index is 13.6. The minimum atomic E-state index is -0.458. The van der Waals surface area contributed by atoms with Crippen LogP contribution in [0.2, 0.25) is 0 Å². The lowest BCUT2D eigenvalue weighted by Gasteiger charge is -2.06. The Bertz CT molecular complexity index is 643. The van der Waals surface area contributed by atoms with Crippen LogP contribution < -0.4 is 0 Å². The first-order chi connectivity index (χ1) is 10.7. The quantitative estimate of drug-likeness (QED) is 0.588. The van der Waals surface area contributed by atoms with E-state index in [9.17, 15) is 4.39 Å². The van der Waals surface area contributed by atoms with Crippen LogP contribution in [0.4, 0.5) is 4.39 Å². The summed E-state index contributed by atoms with van der Waals surface area (Å²) < 4.78 is 13.6. The maximum absolute atomic E-state index is 13.6. The van der Waals surface area contributed by atoms with E-state index in [1.165, 1.54) is 49.1 Å². The largest absolute Gasteiger partial charge is 0.206 e. The smallest absolute Gasteiger partial charge is 0.142 e. The van der Waals surface area contributed by atoms with Crippen molar-refractivity contribution in [3.8, 4) is 6.07 Å². The van der Waals surface area contributed by atoms with E-state index in [0.717, 1.165) is 11.3 Å². The van der Waals surface area contributed by atoms with Crippen LogP contribution >= 0.6 is 11.8 Å². The molecule has 0 aliphatic rings. The Balaban J connectivity index is 2.00. The molecule has 2 aromatic rings. The number of halogens is 1. The van der Waals surface area contributed by atoms with Gasteiger partial charge in [0, 0.05) is 9.79 Å². The predicted molar refractivity (Wildman–Crippen MR) is 89.5 cm³/mol. The van der Waals surface area contributed by atoms with E-state index in [1.807, 2.05) is 18.2 Å². The molecule has 2 rings (SSSR count). The highest BCUT2D eigenvalue weighted by molar-refractivity contribution is 7.99. The SMILES string of the molecule is CCCCCCc1ccc(Sc2cccc(F)c2C#N)cc1. The summed E-state index contributed by atoms with van der Waals surface area (Å²) in [6.07, 6.45) is 6.16. The molecule has 0 spiro atoms. The molecule has 0 amide bonds. The summed E-state index contributed by atoms with van der Waals surface area (Å²) in [5.74, 6) is -0.458. The van der Waals surface area contributed by atoms with Crippen molar-refractivity contribution in [2.75, 3.05) is 0 Å². The van der Waals surface area contributed by atoms with E-state index < -0.39 is 5.82 Å². The Morgan fingerprint density at radius 1 is 1.05 bits per heavy atom. The molecule has 0 aliphatic heterocycles. The second-order valence-electron chi connectivity index (χ2n) is 5.28. The second kappa shape index (κ2) is 8.60. The molecule has 0 bridgehead atoms. The van der Waals surface area contributed by atoms with E-state index in [2.05, 4.69) is 19.1 Å². The zero-order valence-corrected chi connectivity index (χ0v) is 13.6. The fraction of sp³-hybridized carbons (Fsp3) is 0.316. The monoisotopic (exact) mass is 313 g/mol. The molecule has 0 atom stereocenters. The Labute approximate surface area is 136 Å². The topological polar surface area (TPSA) is 23.8 Å². The molecular weight excluding hydrogens is 293 g/mol. The maximum Gasteiger partial charge on any atom is 0.142 e. The molecule has 0 unspecified atom stereocenters. The highest BCUT2D eigenvalue weighted by Gasteiger charge is 2.09. The summed E-state index contributed by atoms with van der Waals surface area (Å²) in [6, 6.07) is 15.0. The van der Waals surface area contributed by atoms with Crippen molar-refractivity contribution < 1.29 is 4.39 Å². The van der Waals surface area contributed by atoms with E-state index >= 15 is 0 Å². The van der Waals surface area contributed by atoms with Crippen LogP contribution in [0.25, 0.3) is 0 Å². The van der Waals surface area contributed by atoms with Crippen molar-refractivity contribution in [3.05, 3.63) is 59.4 Å². The summed E-state index contributed by atoms with van der Waals surface area (Å²) >= 11 is 1.43. The average molecular weight is 313 g/mol. The van der Waals surface area contributed by atoms with Crippen LogP contribution in [0.1, 0.15) is 43.7 Å². The lowest BCUT2D eigenvalue weighted by Crippen LogP contribution is -1.88. The summed E-state index contributed by atoms with van der Waals surface area (Å²) in [6.45, 7) is 2.22. The number of unbranched alkanes of at least 4 members (excludes halogenated alkanes) is 3. The molecular formula is C19H20FNS. The van der Waals surface area contributed by atoms with Gasteiger partial charge in [-0.2, -0.15) is 5.26 Å². The molecule has 0 aliphatic carbocycles. The fourth-order valence-electron chi connectivity index (χ4n) is 2.30. The summed E-state index contributed by atoms with van der Waals surface area (Å²) in [5, 5.41) is 9.06. The Morgan fingerprint density at radius 2 is 1.82 bits per heavy atom. The molecule has 0 heterocycles. The molecule has 1 nitrogen and oxygen atoms in total. The van der Waals surface area contributed by atoms with Gasteiger partial charge in [0.15, 0.2) is 0 Å². The van der Waals surface area contributed by atoms with Gasteiger partial charge in [-0.15, -0.1) is 0 Å². The van der Waals surface area contributed by atoms with Gasteiger partial charge >= 0.3 is 0 Å². The fourth-order valence-corrected chi connectivity index (χ4v) is 3.22. The molecule has 0 saturated carbocycles. The van der Waals surface area contributed by atoms with E-state index in [1.54, 1.807) is 12.1 Å². The van der Waals surface area contributed by atoms with Gasteiger partial charge in [-0.1, -0.05) is 56.1 Å². The van der Waals surface area contributed by atoms with Crippen molar-refractivity contribution in [3.63, 3.8) is 0 Å². The summed E-state index contributed by atoms with van der Waals surface area (Å²) in [4.78, 5) is 1.69. The molecule has 0 saturated heterocycles. The third kappa shape index (κ3) is 4.61. The highest BCUT2D eigenvalue weighted by Crippen LogP contribution is 2.31. The minimum Gasteiger partial charge on any atom is -0.206 e. The number of aryl methyl sites for hydroxylation is 1. The van der Waals surface area contributed by atoms with Crippen LogP contribution in [-0.2, 0) is 6.42 Å². The standard InChI is InChI=1S/C19H20FNS/c1-2-3-4-5-7-15-10-12-16(13-11-15)22-19-9-6-8-18(20)17(19)14-21/h6,8-13H,2-5,7H2,1H3. The molecule has 22 heavy (non-hydrogen) atoms. The third-order valence-electron chi connectivity index (χ3n) is 3.56. The highest BCUT2D eigenvalue weighted by atomic mass is 32.2. The number of nitriles is 1. The van der Waals surface area contributed by atoms with Gasteiger partial charge in [-0.05, 0) is 42.7 Å². The van der Waals surface area contributed by atoms with Crippen molar-refractivity contribution in [1.29, 1.82) is 5.26 Å². The van der Waals surface area contributed by atoms with Gasteiger partial charge in [0.05, 0.1) is 0 Å². The molecule has 0 fully saturated rings. The predicted octanol–water partition coefficient (Wildman–Crippen LogP) is 5.97. The van der Waals surface area contributed by atoms with Gasteiger partial charge in [-0.25, -0.2) is 4.39 Å². The minimum absolute atomic E-state index is 0.121. The molecule has 3 heteroatoms. The average Bonchev–Trinajstić information content (AvgIpc) is 2.53. The van der Waals surface area contributed by atoms with Gasteiger partial charge in [0.2, 0.25) is 0 Å². The number of rotatable bonds is 7. The van der Waals surface area contributed by atoms with Crippen molar-refractivity contribution in [1.82, 2.24) is 0 Å². The third-order valence-corrected chi connectivity index (χ3v) is 4.63. The van der Waals surface area contributed by atoms with Crippen molar-refractivity contribution in [2.24, 2.45) is 0 Å². The van der Waals surface area contributed by atoms with Crippen LogP contribution in [0, 0.1) is 17.1 Å². The van der Waals surface area contributed by atoms with E-state index in [4.69, 9.17) is 5.26 Å². The van der Waals surface area contributed by atoms with E-state index in [0.29, 0.717) is 4.90 Å². The van der Waals surface area contributed by atoms with Crippen LogP contribution in [0.5, 0.6) is 0 Å². The zero-order valence-electron chi connectivity index (χ0n) is 12.8. The van der Waals surface area contributed by atoms with Crippen LogP contribution in [0.15, 0.2) is 52.3 Å². The number of hydrogen-bond acceptors (Lipinski definition) is 2. The van der Waals surface area contributed by atoms with Crippen molar-refractivity contribution in [2.45, 2.75) is 48.8 Å². The first kappa shape index (κ1) is 16.6. The molecule has 0 aromatic heterocycles. The molecule has 0 radical (unpaired) electrons. The Morgan fingerprint density at radius 3 is 2.50 bits per heavy atom.